The molecule has 1 aromatic heterocycles. The maximum Gasteiger partial charge on any atom is 0.180 e. The molecule has 0 fully saturated rings. The number of thioether (sulfide) groups is 1. The van der Waals surface area contributed by atoms with E-state index in [2.05, 4.69) is 22.9 Å². The summed E-state index contributed by atoms with van der Waals surface area (Å²) in [5.74, 6) is 0.711. The third-order valence-electron chi connectivity index (χ3n) is 1.43. The second-order valence-electron chi connectivity index (χ2n) is 2.60. The lowest BCUT2D eigenvalue weighted by molar-refractivity contribution is 1.25. The molecule has 4 nitrogen and oxygen atoms in total. The minimum absolute atomic E-state index is 0. The topological polar surface area (TPSA) is 74.5 Å². The molecule has 0 atom stereocenters. The number of halogens is 1. The summed E-state index contributed by atoms with van der Waals surface area (Å²) in [7, 11) is 0. The van der Waals surface area contributed by atoms with Crippen molar-refractivity contribution in [3.8, 4) is 6.07 Å². The van der Waals surface area contributed by atoms with E-state index < -0.39 is 0 Å². The third-order valence-corrected chi connectivity index (χ3v) is 3.13. The van der Waals surface area contributed by atoms with Crippen molar-refractivity contribution in [2.45, 2.75) is 0 Å². The first-order valence-electron chi connectivity index (χ1n) is 4.36. The third kappa shape index (κ3) is 6.26. The Morgan fingerprint density at radius 1 is 1.65 bits per heavy atom. The van der Waals surface area contributed by atoms with Gasteiger partial charge < -0.3 is 5.73 Å². The van der Waals surface area contributed by atoms with Crippen LogP contribution in [0, 0.1) is 11.3 Å². The molecule has 17 heavy (non-hydrogen) atoms. The van der Waals surface area contributed by atoms with E-state index in [1.807, 2.05) is 6.07 Å². The summed E-state index contributed by atoms with van der Waals surface area (Å²) in [6, 6.07) is 5.61. The van der Waals surface area contributed by atoms with Gasteiger partial charge in [-0.15, -0.1) is 40.0 Å². The maximum absolute atomic E-state index is 8.62. The number of rotatable bonds is 4. The SMILES string of the molecule is Br.C=CCSC(N)=NN=Cc1ccc(C#N)s1. The van der Waals surface area contributed by atoms with Crippen LogP contribution >= 0.6 is 40.1 Å². The van der Waals surface area contributed by atoms with Gasteiger partial charge in [0.25, 0.3) is 0 Å². The highest BCUT2D eigenvalue weighted by atomic mass is 79.9. The van der Waals surface area contributed by atoms with Crippen molar-refractivity contribution in [3.05, 3.63) is 34.5 Å². The van der Waals surface area contributed by atoms with Gasteiger partial charge in [0, 0.05) is 10.6 Å². The highest BCUT2D eigenvalue weighted by Crippen LogP contribution is 2.12. The number of nitrogens with zero attached hydrogens (tertiary/aromatic N) is 3. The average Bonchev–Trinajstić information content (AvgIpc) is 2.74. The molecular weight excluding hydrogens is 320 g/mol. The van der Waals surface area contributed by atoms with Crippen LogP contribution < -0.4 is 5.73 Å². The van der Waals surface area contributed by atoms with E-state index in [0.717, 1.165) is 4.88 Å². The summed E-state index contributed by atoms with van der Waals surface area (Å²) in [6.45, 7) is 3.57. The molecule has 7 heteroatoms. The highest BCUT2D eigenvalue weighted by Gasteiger charge is 1.95. The van der Waals surface area contributed by atoms with Gasteiger partial charge in [-0.3, -0.25) is 0 Å². The maximum atomic E-state index is 8.62. The van der Waals surface area contributed by atoms with Crippen molar-refractivity contribution in [1.82, 2.24) is 0 Å². The molecule has 0 aliphatic carbocycles. The quantitative estimate of drug-likeness (QED) is 0.399. The van der Waals surface area contributed by atoms with E-state index in [4.69, 9.17) is 11.0 Å². The van der Waals surface area contributed by atoms with E-state index in [-0.39, 0.29) is 17.0 Å². The van der Waals surface area contributed by atoms with Gasteiger partial charge in [0.1, 0.15) is 10.9 Å². The fraction of sp³-hybridized carbons (Fsp3) is 0.100. The molecule has 0 aliphatic heterocycles. The molecule has 0 aromatic carbocycles. The minimum Gasteiger partial charge on any atom is -0.377 e. The molecule has 0 spiro atoms. The van der Waals surface area contributed by atoms with E-state index in [1.54, 1.807) is 18.4 Å². The number of hydrogen-bond acceptors (Lipinski definition) is 5. The van der Waals surface area contributed by atoms with E-state index in [1.165, 1.54) is 23.1 Å². The molecule has 0 bridgehead atoms. The molecule has 0 radical (unpaired) electrons. The van der Waals surface area contributed by atoms with Crippen molar-refractivity contribution in [3.63, 3.8) is 0 Å². The predicted octanol–water partition coefficient (Wildman–Crippen LogP) is 2.77. The molecule has 0 amide bonds. The number of nitrogens with two attached hydrogens (primary N) is 1. The van der Waals surface area contributed by atoms with E-state index in [9.17, 15) is 0 Å². The Bertz CT molecular complexity index is 459. The Hall–Kier alpha value is -1.10. The Labute approximate surface area is 119 Å². The molecule has 1 rings (SSSR count). The first-order valence-corrected chi connectivity index (χ1v) is 6.16. The van der Waals surface area contributed by atoms with Crippen LogP contribution in [0.1, 0.15) is 9.75 Å². The van der Waals surface area contributed by atoms with Gasteiger partial charge in [-0.25, -0.2) is 0 Å². The van der Waals surface area contributed by atoms with Crippen LogP contribution in [0.2, 0.25) is 0 Å². The van der Waals surface area contributed by atoms with E-state index >= 15 is 0 Å². The van der Waals surface area contributed by atoms with Crippen LogP contribution in [0.4, 0.5) is 0 Å². The average molecular weight is 331 g/mol. The Kier molecular flexibility index (Phi) is 8.40. The zero-order valence-electron chi connectivity index (χ0n) is 8.87. The van der Waals surface area contributed by atoms with Crippen LogP contribution in [0.15, 0.2) is 35.0 Å². The minimum atomic E-state index is 0. The summed E-state index contributed by atoms with van der Waals surface area (Å²) >= 11 is 2.73. The van der Waals surface area contributed by atoms with Crippen molar-refractivity contribution in [2.24, 2.45) is 15.9 Å². The van der Waals surface area contributed by atoms with Gasteiger partial charge in [0.2, 0.25) is 0 Å². The molecule has 90 valence electrons. The summed E-state index contributed by atoms with van der Waals surface area (Å²) in [5.41, 5.74) is 5.56. The molecule has 0 saturated carbocycles. The molecule has 0 unspecified atom stereocenters. The number of hydrogen-bond donors (Lipinski definition) is 1. The molecule has 2 N–H and O–H groups in total. The van der Waals surface area contributed by atoms with Gasteiger partial charge in [0.05, 0.1) is 6.21 Å². The fourth-order valence-electron chi connectivity index (χ4n) is 0.798. The Morgan fingerprint density at radius 3 is 3.00 bits per heavy atom. The zero-order valence-corrected chi connectivity index (χ0v) is 12.2. The Balaban J connectivity index is 0.00000256. The monoisotopic (exact) mass is 330 g/mol. The summed E-state index contributed by atoms with van der Waals surface area (Å²) in [6.07, 6.45) is 3.32. The van der Waals surface area contributed by atoms with Crippen LogP contribution in [-0.4, -0.2) is 17.1 Å². The smallest absolute Gasteiger partial charge is 0.180 e. The van der Waals surface area contributed by atoms with Crippen LogP contribution in [0.5, 0.6) is 0 Å². The number of amidine groups is 1. The predicted molar refractivity (Wildman–Crippen MR) is 81.2 cm³/mol. The van der Waals surface area contributed by atoms with Crippen molar-refractivity contribution >= 4 is 51.5 Å². The normalized spacial score (nSPS) is 10.9. The van der Waals surface area contributed by atoms with Gasteiger partial charge in [-0.05, 0) is 12.1 Å². The molecule has 0 saturated heterocycles. The number of nitriles is 1. The summed E-state index contributed by atoms with van der Waals surface area (Å²) in [4.78, 5) is 1.53. The first kappa shape index (κ1) is 15.9. The highest BCUT2D eigenvalue weighted by molar-refractivity contribution is 8.93. The second kappa shape index (κ2) is 8.98. The lowest BCUT2D eigenvalue weighted by atomic mass is 10.4. The molecule has 1 aromatic rings. The summed E-state index contributed by atoms with van der Waals surface area (Å²) < 4.78 is 0. The number of thiophene rings is 1. The zero-order chi connectivity index (χ0) is 11.8. The fourth-order valence-corrected chi connectivity index (χ4v) is 1.86. The van der Waals surface area contributed by atoms with Gasteiger partial charge >= 0.3 is 0 Å². The largest absolute Gasteiger partial charge is 0.377 e. The van der Waals surface area contributed by atoms with Gasteiger partial charge in [-0.2, -0.15) is 10.4 Å². The standard InChI is InChI=1S/C10H10N4S2.BrH/c1-2-5-15-10(12)14-13-7-9-4-3-8(6-11)16-9;/h2-4,7H,1,5H2,(H2,12,14);1H. The van der Waals surface area contributed by atoms with Crippen molar-refractivity contribution < 1.29 is 0 Å². The van der Waals surface area contributed by atoms with Crippen LogP contribution in [-0.2, 0) is 0 Å². The lowest BCUT2D eigenvalue weighted by Gasteiger charge is -1.91. The van der Waals surface area contributed by atoms with Crippen LogP contribution in [0.3, 0.4) is 0 Å². The molecule has 1 heterocycles. The van der Waals surface area contributed by atoms with Gasteiger partial charge in [0.15, 0.2) is 5.17 Å². The van der Waals surface area contributed by atoms with Crippen molar-refractivity contribution in [2.75, 3.05) is 5.75 Å². The molecular formula is C10H11BrN4S2. The first-order chi connectivity index (χ1) is 7.76. The summed E-state index contributed by atoms with van der Waals surface area (Å²) in [5, 5.41) is 16.6. The van der Waals surface area contributed by atoms with E-state index in [0.29, 0.717) is 15.8 Å². The van der Waals surface area contributed by atoms with Crippen LogP contribution in [0.25, 0.3) is 0 Å². The van der Waals surface area contributed by atoms with Crippen molar-refractivity contribution in [1.29, 1.82) is 5.26 Å². The molecule has 0 aliphatic rings. The lowest BCUT2D eigenvalue weighted by Crippen LogP contribution is -2.05. The Morgan fingerprint density at radius 2 is 2.41 bits per heavy atom. The van der Waals surface area contributed by atoms with Gasteiger partial charge in [-0.1, -0.05) is 17.8 Å². The second-order valence-corrected chi connectivity index (χ2v) is 4.75.